The van der Waals surface area contributed by atoms with Crippen molar-refractivity contribution >= 4 is 34.9 Å². The number of carbonyl (C=O) groups is 2. The van der Waals surface area contributed by atoms with Gasteiger partial charge >= 0.3 is 5.97 Å². The molecule has 0 aliphatic heterocycles. The van der Waals surface area contributed by atoms with Gasteiger partial charge in [0, 0.05) is 35.1 Å². The Balaban J connectivity index is 1.81. The van der Waals surface area contributed by atoms with E-state index in [0.29, 0.717) is 52.2 Å². The molecule has 0 saturated carbocycles. The zero-order valence-electron chi connectivity index (χ0n) is 20.1. The van der Waals surface area contributed by atoms with E-state index in [0.717, 1.165) is 18.4 Å². The Morgan fingerprint density at radius 2 is 1.83 bits per heavy atom. The van der Waals surface area contributed by atoms with Crippen LogP contribution in [0.1, 0.15) is 41.3 Å². The summed E-state index contributed by atoms with van der Waals surface area (Å²) < 4.78 is 11.4. The summed E-state index contributed by atoms with van der Waals surface area (Å²) in [5.41, 5.74) is 8.82. The Labute approximate surface area is 215 Å². The van der Waals surface area contributed by atoms with Crippen LogP contribution in [0.4, 0.5) is 11.4 Å². The number of aliphatic carboxylic acids is 1. The summed E-state index contributed by atoms with van der Waals surface area (Å²) in [7, 11) is 0. The average Bonchev–Trinajstić information content (AvgIpc) is 2.87. The lowest BCUT2D eigenvalue weighted by atomic mass is 10.1. The largest absolute Gasteiger partial charge is 0.490 e. The molecule has 3 aromatic carbocycles. The van der Waals surface area contributed by atoms with Crippen molar-refractivity contribution in [3.63, 3.8) is 0 Å². The minimum Gasteiger partial charge on any atom is -0.490 e. The highest BCUT2D eigenvalue weighted by Crippen LogP contribution is 2.33. The number of halogens is 1. The van der Waals surface area contributed by atoms with Gasteiger partial charge in [0.1, 0.15) is 0 Å². The Bertz CT molecular complexity index is 1180. The summed E-state index contributed by atoms with van der Waals surface area (Å²) in [5, 5.41) is 15.6. The van der Waals surface area contributed by atoms with Gasteiger partial charge < -0.3 is 30.9 Å². The molecular formula is C27H30ClN3O5. The number of rotatable bonds is 13. The smallest absolute Gasteiger partial charge is 0.341 e. The van der Waals surface area contributed by atoms with E-state index in [-0.39, 0.29) is 12.5 Å². The molecule has 3 aromatic rings. The summed E-state index contributed by atoms with van der Waals surface area (Å²) in [6.45, 7) is 2.72. The van der Waals surface area contributed by atoms with Crippen molar-refractivity contribution in [1.82, 2.24) is 0 Å². The van der Waals surface area contributed by atoms with Gasteiger partial charge in [-0.15, -0.1) is 0 Å². The molecule has 8 nitrogen and oxygen atoms in total. The van der Waals surface area contributed by atoms with Crippen molar-refractivity contribution in [1.29, 1.82) is 0 Å². The quantitative estimate of drug-likeness (QED) is 0.229. The predicted molar refractivity (Wildman–Crippen MR) is 141 cm³/mol. The van der Waals surface area contributed by atoms with Crippen molar-refractivity contribution in [3.8, 4) is 11.5 Å². The third-order valence-corrected chi connectivity index (χ3v) is 5.53. The van der Waals surface area contributed by atoms with Gasteiger partial charge in [-0.05, 0) is 48.4 Å². The molecule has 0 atom stereocenters. The van der Waals surface area contributed by atoms with Crippen LogP contribution in [0, 0.1) is 0 Å². The first kappa shape index (κ1) is 26.8. The molecule has 0 spiro atoms. The Kier molecular flexibility index (Phi) is 9.97. The standard InChI is InChI=1S/C27H30ClN3O5/c1-2-3-13-35-24-6-4-5-19(26(24)36-17-25(32)33)16-30-23-12-9-20(28)14-22(23)27(34)31-21-10-7-18(15-29)8-11-21/h4-12,14,30H,2-3,13,15-17,29H2,1H3,(H,31,34)(H,32,33). The van der Waals surface area contributed by atoms with E-state index >= 15 is 0 Å². The summed E-state index contributed by atoms with van der Waals surface area (Å²) >= 11 is 6.18. The van der Waals surface area contributed by atoms with Crippen LogP contribution in [0.3, 0.4) is 0 Å². The summed E-state index contributed by atoms with van der Waals surface area (Å²) in [5.74, 6) is -0.601. The van der Waals surface area contributed by atoms with Crippen molar-refractivity contribution in [2.24, 2.45) is 5.73 Å². The molecule has 0 bridgehead atoms. The number of unbranched alkanes of at least 4 members (excludes halogenated alkanes) is 1. The number of benzene rings is 3. The molecular weight excluding hydrogens is 482 g/mol. The second-order valence-electron chi connectivity index (χ2n) is 8.03. The highest BCUT2D eigenvalue weighted by Gasteiger charge is 2.16. The monoisotopic (exact) mass is 511 g/mol. The van der Waals surface area contributed by atoms with Gasteiger partial charge in [-0.3, -0.25) is 4.79 Å². The molecule has 5 N–H and O–H groups in total. The zero-order chi connectivity index (χ0) is 25.9. The third-order valence-electron chi connectivity index (χ3n) is 5.30. The maximum Gasteiger partial charge on any atom is 0.341 e. The Morgan fingerprint density at radius 3 is 2.53 bits per heavy atom. The van der Waals surface area contributed by atoms with Crippen LogP contribution in [0.25, 0.3) is 0 Å². The molecule has 0 aliphatic carbocycles. The molecule has 36 heavy (non-hydrogen) atoms. The van der Waals surface area contributed by atoms with E-state index in [1.165, 1.54) is 0 Å². The average molecular weight is 512 g/mol. The zero-order valence-corrected chi connectivity index (χ0v) is 20.8. The molecule has 0 radical (unpaired) electrons. The van der Waals surface area contributed by atoms with E-state index in [9.17, 15) is 9.59 Å². The Hall–Kier alpha value is -3.75. The minimum absolute atomic E-state index is 0.257. The predicted octanol–water partition coefficient (Wildman–Crippen LogP) is 5.31. The summed E-state index contributed by atoms with van der Waals surface area (Å²) in [6.07, 6.45) is 1.82. The lowest BCUT2D eigenvalue weighted by Crippen LogP contribution is -2.16. The minimum atomic E-state index is -1.09. The number of carboxylic acids is 1. The lowest BCUT2D eigenvalue weighted by molar-refractivity contribution is -0.139. The number of anilines is 2. The maximum absolute atomic E-state index is 13.1. The van der Waals surface area contributed by atoms with Gasteiger partial charge in [-0.1, -0.05) is 49.2 Å². The third kappa shape index (κ3) is 7.63. The van der Waals surface area contributed by atoms with Crippen molar-refractivity contribution in [3.05, 3.63) is 82.4 Å². The number of carbonyl (C=O) groups excluding carboxylic acids is 1. The van der Waals surface area contributed by atoms with Gasteiger partial charge in [0.15, 0.2) is 18.1 Å². The van der Waals surface area contributed by atoms with Crippen LogP contribution in [0.5, 0.6) is 11.5 Å². The number of carboxylic acid groups (broad SMARTS) is 1. The van der Waals surface area contributed by atoms with Crippen LogP contribution in [0.2, 0.25) is 5.02 Å². The maximum atomic E-state index is 13.1. The number of hydrogen-bond donors (Lipinski definition) is 4. The highest BCUT2D eigenvalue weighted by molar-refractivity contribution is 6.31. The normalized spacial score (nSPS) is 10.5. The van der Waals surface area contributed by atoms with Gasteiger partial charge in [0.2, 0.25) is 0 Å². The molecule has 3 rings (SSSR count). The van der Waals surface area contributed by atoms with Gasteiger partial charge in [0.05, 0.1) is 12.2 Å². The highest BCUT2D eigenvalue weighted by atomic mass is 35.5. The van der Waals surface area contributed by atoms with Gasteiger partial charge in [-0.25, -0.2) is 4.79 Å². The SMILES string of the molecule is CCCCOc1cccc(CNc2ccc(Cl)cc2C(=O)Nc2ccc(CN)cc2)c1OCC(=O)O. The van der Waals surface area contributed by atoms with Crippen LogP contribution in [0.15, 0.2) is 60.7 Å². The molecule has 9 heteroatoms. The van der Waals surface area contributed by atoms with Crippen LogP contribution < -0.4 is 25.8 Å². The molecule has 1 amide bonds. The fourth-order valence-corrected chi connectivity index (χ4v) is 3.58. The number of hydrogen-bond acceptors (Lipinski definition) is 6. The van der Waals surface area contributed by atoms with E-state index in [1.54, 1.807) is 36.4 Å². The van der Waals surface area contributed by atoms with E-state index in [4.69, 9.17) is 31.9 Å². The number of para-hydroxylation sites is 1. The molecule has 0 heterocycles. The Morgan fingerprint density at radius 1 is 1.06 bits per heavy atom. The molecule has 0 fully saturated rings. The number of nitrogens with one attached hydrogen (secondary N) is 2. The van der Waals surface area contributed by atoms with Gasteiger partial charge in [0.25, 0.3) is 5.91 Å². The summed E-state index contributed by atoms with van der Waals surface area (Å²) in [6, 6.07) is 17.6. The fourth-order valence-electron chi connectivity index (χ4n) is 3.41. The second-order valence-corrected chi connectivity index (χ2v) is 8.46. The molecule has 0 aromatic heterocycles. The lowest BCUT2D eigenvalue weighted by Gasteiger charge is -2.17. The van der Waals surface area contributed by atoms with Crippen molar-refractivity contribution in [2.45, 2.75) is 32.9 Å². The number of amides is 1. The van der Waals surface area contributed by atoms with Gasteiger partial charge in [-0.2, -0.15) is 0 Å². The number of nitrogens with two attached hydrogens (primary N) is 1. The van der Waals surface area contributed by atoms with Crippen molar-refractivity contribution in [2.75, 3.05) is 23.8 Å². The molecule has 0 saturated heterocycles. The van der Waals surface area contributed by atoms with E-state index < -0.39 is 12.6 Å². The van der Waals surface area contributed by atoms with Crippen LogP contribution in [-0.4, -0.2) is 30.2 Å². The van der Waals surface area contributed by atoms with Crippen molar-refractivity contribution < 1.29 is 24.2 Å². The number of ether oxygens (including phenoxy) is 2. The first-order valence-corrected chi connectivity index (χ1v) is 12.0. The molecule has 190 valence electrons. The van der Waals surface area contributed by atoms with E-state index in [1.807, 2.05) is 24.3 Å². The molecule has 0 unspecified atom stereocenters. The first-order chi connectivity index (χ1) is 17.4. The first-order valence-electron chi connectivity index (χ1n) is 11.6. The molecule has 0 aliphatic rings. The topological polar surface area (TPSA) is 123 Å². The fraction of sp³-hybridized carbons (Fsp3) is 0.259. The second kappa shape index (κ2) is 13.4. The van der Waals surface area contributed by atoms with Crippen LogP contribution in [-0.2, 0) is 17.9 Å². The summed E-state index contributed by atoms with van der Waals surface area (Å²) in [4.78, 5) is 24.2. The van der Waals surface area contributed by atoms with E-state index in [2.05, 4.69) is 17.6 Å². The van der Waals surface area contributed by atoms with Crippen LogP contribution >= 0.6 is 11.6 Å².